The van der Waals surface area contributed by atoms with Crippen LogP contribution in [-0.2, 0) is 0 Å². The lowest BCUT2D eigenvalue weighted by Crippen LogP contribution is -2.24. The molecule has 17 heavy (non-hydrogen) atoms. The molecule has 1 aromatic rings. The van der Waals surface area contributed by atoms with Crippen LogP contribution < -0.4 is 5.32 Å². The Kier molecular flexibility index (Phi) is 4.59. The lowest BCUT2D eigenvalue weighted by molar-refractivity contribution is 0.274. The molecule has 1 N–H and O–H groups in total. The van der Waals surface area contributed by atoms with Crippen LogP contribution in [0.25, 0.3) is 0 Å². The first-order valence-electron chi connectivity index (χ1n) is 5.78. The molecule has 1 aromatic carbocycles. The summed E-state index contributed by atoms with van der Waals surface area (Å²) in [4.78, 5) is 0. The number of hydrogen-bond donors (Lipinski definition) is 1. The van der Waals surface area contributed by atoms with Crippen LogP contribution in [0.4, 0.5) is 5.69 Å². The van der Waals surface area contributed by atoms with Gasteiger partial charge in [0.15, 0.2) is 0 Å². The van der Waals surface area contributed by atoms with Gasteiger partial charge in [-0.3, -0.25) is 0 Å². The van der Waals surface area contributed by atoms with Gasteiger partial charge in [-0.15, -0.1) is 0 Å². The van der Waals surface area contributed by atoms with Crippen molar-refractivity contribution in [3.05, 3.63) is 28.2 Å². The molecule has 2 nitrogen and oxygen atoms in total. The van der Waals surface area contributed by atoms with E-state index in [1.807, 2.05) is 18.2 Å². The summed E-state index contributed by atoms with van der Waals surface area (Å²) in [6.07, 6.45) is 0. The van der Waals surface area contributed by atoms with Crippen molar-refractivity contribution in [2.24, 2.45) is 11.3 Å². The fourth-order valence-electron chi connectivity index (χ4n) is 1.30. The number of nitrogens with zero attached hydrogens (tertiary/aromatic N) is 1. The zero-order chi connectivity index (χ0) is 13.1. The van der Waals surface area contributed by atoms with Gasteiger partial charge in [-0.05, 0) is 45.5 Å². The minimum absolute atomic E-state index is 0.298. The highest BCUT2D eigenvalue weighted by Gasteiger charge is 2.19. The molecule has 1 atom stereocenters. The number of halogens is 1. The number of benzene rings is 1. The van der Waals surface area contributed by atoms with Crippen molar-refractivity contribution in [1.82, 2.24) is 0 Å². The summed E-state index contributed by atoms with van der Waals surface area (Å²) in [5, 5.41) is 12.2. The van der Waals surface area contributed by atoms with Gasteiger partial charge < -0.3 is 5.32 Å². The minimum atomic E-state index is 0.298. The molecule has 0 amide bonds. The maximum atomic E-state index is 8.79. The SMILES string of the molecule is CC(CNc1ccc(C#N)cc1Br)C(C)(C)C. The fourth-order valence-corrected chi connectivity index (χ4v) is 1.82. The van der Waals surface area contributed by atoms with Crippen molar-refractivity contribution >= 4 is 21.6 Å². The molecule has 1 rings (SSSR count). The van der Waals surface area contributed by atoms with Crippen LogP contribution in [0.2, 0.25) is 0 Å². The van der Waals surface area contributed by atoms with E-state index in [4.69, 9.17) is 5.26 Å². The van der Waals surface area contributed by atoms with Crippen LogP contribution in [0.1, 0.15) is 33.3 Å². The van der Waals surface area contributed by atoms with E-state index in [-0.39, 0.29) is 0 Å². The molecule has 0 aliphatic rings. The van der Waals surface area contributed by atoms with Crippen molar-refractivity contribution in [1.29, 1.82) is 5.26 Å². The third-order valence-corrected chi connectivity index (χ3v) is 3.83. The Bertz CT molecular complexity index is 427. The second-order valence-corrected chi connectivity index (χ2v) is 6.31. The molecule has 0 fully saturated rings. The second kappa shape index (κ2) is 5.55. The Labute approximate surface area is 112 Å². The summed E-state index contributed by atoms with van der Waals surface area (Å²) >= 11 is 3.47. The summed E-state index contributed by atoms with van der Waals surface area (Å²) in [7, 11) is 0. The monoisotopic (exact) mass is 294 g/mol. The molecule has 0 saturated carbocycles. The predicted octanol–water partition coefficient (Wildman–Crippen LogP) is 4.41. The van der Waals surface area contributed by atoms with E-state index in [0.717, 1.165) is 16.7 Å². The second-order valence-electron chi connectivity index (χ2n) is 5.45. The van der Waals surface area contributed by atoms with Crippen molar-refractivity contribution in [3.8, 4) is 6.07 Å². The van der Waals surface area contributed by atoms with E-state index in [2.05, 4.69) is 55.0 Å². The van der Waals surface area contributed by atoms with E-state index >= 15 is 0 Å². The van der Waals surface area contributed by atoms with Crippen LogP contribution >= 0.6 is 15.9 Å². The van der Waals surface area contributed by atoms with E-state index in [0.29, 0.717) is 16.9 Å². The smallest absolute Gasteiger partial charge is 0.0992 e. The van der Waals surface area contributed by atoms with Gasteiger partial charge >= 0.3 is 0 Å². The van der Waals surface area contributed by atoms with Gasteiger partial charge in [0.1, 0.15) is 0 Å². The van der Waals surface area contributed by atoms with Gasteiger partial charge in [-0.25, -0.2) is 0 Å². The largest absolute Gasteiger partial charge is 0.384 e. The maximum Gasteiger partial charge on any atom is 0.0992 e. The molecule has 0 aliphatic heterocycles. The Hall–Kier alpha value is -1.01. The Morgan fingerprint density at radius 1 is 1.41 bits per heavy atom. The third-order valence-electron chi connectivity index (χ3n) is 3.18. The minimum Gasteiger partial charge on any atom is -0.384 e. The molecule has 1 unspecified atom stereocenters. The Morgan fingerprint density at radius 2 is 2.06 bits per heavy atom. The highest BCUT2D eigenvalue weighted by Crippen LogP contribution is 2.28. The van der Waals surface area contributed by atoms with Crippen LogP contribution in [0.15, 0.2) is 22.7 Å². The van der Waals surface area contributed by atoms with Gasteiger partial charge in [0, 0.05) is 16.7 Å². The van der Waals surface area contributed by atoms with E-state index in [1.165, 1.54) is 0 Å². The third kappa shape index (κ3) is 4.05. The van der Waals surface area contributed by atoms with Crippen molar-refractivity contribution in [3.63, 3.8) is 0 Å². The van der Waals surface area contributed by atoms with Gasteiger partial charge in [0.2, 0.25) is 0 Å². The molecule has 92 valence electrons. The van der Waals surface area contributed by atoms with Crippen molar-refractivity contribution < 1.29 is 0 Å². The van der Waals surface area contributed by atoms with Gasteiger partial charge in [-0.1, -0.05) is 27.7 Å². The first kappa shape index (κ1) is 14.1. The molecule has 0 aromatic heterocycles. The average molecular weight is 295 g/mol. The molecule has 0 heterocycles. The summed E-state index contributed by atoms with van der Waals surface area (Å²) in [5.41, 5.74) is 2.01. The lowest BCUT2D eigenvalue weighted by Gasteiger charge is -2.27. The zero-order valence-corrected chi connectivity index (χ0v) is 12.4. The van der Waals surface area contributed by atoms with Crippen molar-refractivity contribution in [2.45, 2.75) is 27.7 Å². The van der Waals surface area contributed by atoms with Crippen LogP contribution in [0, 0.1) is 22.7 Å². The summed E-state index contributed by atoms with van der Waals surface area (Å²) in [6.45, 7) is 9.89. The molecule has 0 saturated heterocycles. The number of nitriles is 1. The molecular weight excluding hydrogens is 276 g/mol. The summed E-state index contributed by atoms with van der Waals surface area (Å²) < 4.78 is 0.942. The van der Waals surface area contributed by atoms with E-state index in [9.17, 15) is 0 Å². The summed E-state index contributed by atoms with van der Waals surface area (Å²) in [5.74, 6) is 0.574. The number of nitrogens with one attached hydrogen (secondary N) is 1. The number of anilines is 1. The van der Waals surface area contributed by atoms with E-state index in [1.54, 1.807) is 0 Å². The summed E-state index contributed by atoms with van der Waals surface area (Å²) in [6, 6.07) is 7.73. The van der Waals surface area contributed by atoms with Crippen LogP contribution in [0.5, 0.6) is 0 Å². The molecule has 0 spiro atoms. The molecule has 0 aliphatic carbocycles. The Balaban J connectivity index is 2.68. The predicted molar refractivity (Wildman–Crippen MR) is 76.0 cm³/mol. The lowest BCUT2D eigenvalue weighted by atomic mass is 9.82. The maximum absolute atomic E-state index is 8.79. The quantitative estimate of drug-likeness (QED) is 0.896. The van der Waals surface area contributed by atoms with E-state index < -0.39 is 0 Å². The highest BCUT2D eigenvalue weighted by molar-refractivity contribution is 9.10. The first-order valence-corrected chi connectivity index (χ1v) is 6.57. The first-order chi connectivity index (χ1) is 7.84. The van der Waals surface area contributed by atoms with Gasteiger partial charge in [0.25, 0.3) is 0 Å². The Morgan fingerprint density at radius 3 is 2.53 bits per heavy atom. The van der Waals surface area contributed by atoms with Gasteiger partial charge in [-0.2, -0.15) is 5.26 Å². The van der Waals surface area contributed by atoms with Crippen LogP contribution in [0.3, 0.4) is 0 Å². The average Bonchev–Trinajstić information content (AvgIpc) is 2.25. The van der Waals surface area contributed by atoms with Gasteiger partial charge in [0.05, 0.1) is 11.6 Å². The number of hydrogen-bond acceptors (Lipinski definition) is 2. The molecule has 0 radical (unpaired) electrons. The number of rotatable bonds is 3. The van der Waals surface area contributed by atoms with Crippen molar-refractivity contribution in [2.75, 3.05) is 11.9 Å². The standard InChI is InChI=1S/C14H19BrN2/c1-10(14(2,3)4)9-17-13-6-5-11(8-16)7-12(13)15/h5-7,10,17H,9H2,1-4H3. The molecule has 0 bridgehead atoms. The molecule has 3 heteroatoms. The topological polar surface area (TPSA) is 35.8 Å². The fraction of sp³-hybridized carbons (Fsp3) is 0.500. The highest BCUT2D eigenvalue weighted by atomic mass is 79.9. The zero-order valence-electron chi connectivity index (χ0n) is 10.8. The van der Waals surface area contributed by atoms with Crippen LogP contribution in [-0.4, -0.2) is 6.54 Å². The molecular formula is C14H19BrN2. The normalized spacial score (nSPS) is 12.9.